The molecule has 3 nitrogen and oxygen atoms in total. The highest BCUT2D eigenvalue weighted by Gasteiger charge is 2.21. The lowest BCUT2D eigenvalue weighted by molar-refractivity contribution is -0.133. The number of nitrogens with zero attached hydrogens (tertiary/aromatic N) is 1. The Kier molecular flexibility index (Phi) is 5.35. The fourth-order valence-corrected chi connectivity index (χ4v) is 2.05. The van der Waals surface area contributed by atoms with Gasteiger partial charge in [-0.3, -0.25) is 4.79 Å². The van der Waals surface area contributed by atoms with E-state index in [-0.39, 0.29) is 11.9 Å². The highest BCUT2D eigenvalue weighted by molar-refractivity contribution is 5.81. The van der Waals surface area contributed by atoms with Crippen molar-refractivity contribution in [1.82, 2.24) is 4.90 Å². The van der Waals surface area contributed by atoms with Crippen molar-refractivity contribution in [3.05, 3.63) is 35.4 Å². The van der Waals surface area contributed by atoms with Gasteiger partial charge in [0.2, 0.25) is 5.91 Å². The minimum atomic E-state index is -0.429. The first kappa shape index (κ1) is 14.7. The van der Waals surface area contributed by atoms with Gasteiger partial charge in [-0.1, -0.05) is 36.8 Å². The van der Waals surface area contributed by atoms with E-state index in [0.29, 0.717) is 0 Å². The van der Waals surface area contributed by atoms with Crippen molar-refractivity contribution >= 4 is 5.91 Å². The molecule has 0 heterocycles. The van der Waals surface area contributed by atoms with E-state index in [4.69, 9.17) is 5.73 Å². The van der Waals surface area contributed by atoms with Gasteiger partial charge in [-0.2, -0.15) is 0 Å². The lowest BCUT2D eigenvalue weighted by atomic mass is 10.0. The van der Waals surface area contributed by atoms with Crippen molar-refractivity contribution in [2.75, 3.05) is 7.05 Å². The monoisotopic (exact) mass is 248 g/mol. The molecule has 0 radical (unpaired) electrons. The second-order valence-corrected chi connectivity index (χ2v) is 4.99. The summed E-state index contributed by atoms with van der Waals surface area (Å²) in [6, 6.07) is 8.25. The van der Waals surface area contributed by atoms with E-state index in [1.165, 1.54) is 11.1 Å². The summed E-state index contributed by atoms with van der Waals surface area (Å²) in [5, 5.41) is 0. The molecule has 0 spiro atoms. The van der Waals surface area contributed by atoms with E-state index < -0.39 is 6.04 Å². The van der Waals surface area contributed by atoms with Crippen LogP contribution in [0, 0.1) is 6.92 Å². The van der Waals surface area contributed by atoms with Crippen LogP contribution in [-0.4, -0.2) is 29.9 Å². The molecule has 3 heteroatoms. The van der Waals surface area contributed by atoms with Crippen LogP contribution in [0.15, 0.2) is 24.3 Å². The number of nitrogens with two attached hydrogens (primary N) is 1. The fourth-order valence-electron chi connectivity index (χ4n) is 2.05. The summed E-state index contributed by atoms with van der Waals surface area (Å²) in [5.74, 6) is 0.00830. The average molecular weight is 248 g/mol. The van der Waals surface area contributed by atoms with Crippen LogP contribution in [0.5, 0.6) is 0 Å². The van der Waals surface area contributed by atoms with Crippen molar-refractivity contribution in [1.29, 1.82) is 0 Å². The number of carbonyl (C=O) groups excluding carboxylic acids is 1. The van der Waals surface area contributed by atoms with Gasteiger partial charge >= 0.3 is 0 Å². The molecule has 1 amide bonds. The zero-order chi connectivity index (χ0) is 13.7. The molecule has 0 aromatic heterocycles. The summed E-state index contributed by atoms with van der Waals surface area (Å²) in [5.41, 5.74) is 8.17. The van der Waals surface area contributed by atoms with Crippen molar-refractivity contribution < 1.29 is 4.79 Å². The predicted molar refractivity (Wildman–Crippen MR) is 75.4 cm³/mol. The normalized spacial score (nSPS) is 14.1. The first-order chi connectivity index (χ1) is 8.45. The van der Waals surface area contributed by atoms with Crippen molar-refractivity contribution in [2.24, 2.45) is 5.73 Å². The van der Waals surface area contributed by atoms with E-state index in [9.17, 15) is 4.79 Å². The first-order valence-electron chi connectivity index (χ1n) is 6.53. The zero-order valence-electron chi connectivity index (χ0n) is 11.8. The third-order valence-corrected chi connectivity index (χ3v) is 3.35. The quantitative estimate of drug-likeness (QED) is 0.867. The first-order valence-corrected chi connectivity index (χ1v) is 6.53. The van der Waals surface area contributed by atoms with Crippen LogP contribution >= 0.6 is 0 Å². The van der Waals surface area contributed by atoms with Crippen molar-refractivity contribution in [2.45, 2.75) is 45.7 Å². The van der Waals surface area contributed by atoms with Gasteiger partial charge in [-0.05, 0) is 32.3 Å². The van der Waals surface area contributed by atoms with E-state index in [2.05, 4.69) is 38.1 Å². The third-order valence-electron chi connectivity index (χ3n) is 3.35. The molecule has 0 saturated heterocycles. The highest BCUT2D eigenvalue weighted by atomic mass is 16.2. The lowest BCUT2D eigenvalue weighted by Crippen LogP contribution is -2.45. The number of benzene rings is 1. The number of aryl methyl sites for hydroxylation is 1. The van der Waals surface area contributed by atoms with E-state index in [1.54, 1.807) is 11.8 Å². The Balaban J connectivity index is 2.72. The third kappa shape index (κ3) is 3.84. The predicted octanol–water partition coefficient (Wildman–Crippen LogP) is 2.12. The Bertz CT molecular complexity index is 384. The minimum absolute atomic E-state index is 0.00830. The maximum atomic E-state index is 11.9. The average Bonchev–Trinajstić information content (AvgIpc) is 2.36. The molecule has 1 rings (SSSR count). The molecule has 100 valence electrons. The van der Waals surface area contributed by atoms with Gasteiger partial charge in [0, 0.05) is 13.1 Å². The maximum Gasteiger partial charge on any atom is 0.239 e. The van der Waals surface area contributed by atoms with Crippen molar-refractivity contribution in [3.8, 4) is 0 Å². The molecule has 0 bridgehead atoms. The number of rotatable bonds is 5. The SMILES string of the molecule is CCC(Cc1ccc(C)cc1)N(C)C(=O)[C@H](C)N. The smallest absolute Gasteiger partial charge is 0.239 e. The minimum Gasteiger partial charge on any atom is -0.341 e. The van der Waals surface area contributed by atoms with Crippen LogP contribution in [0.3, 0.4) is 0 Å². The summed E-state index contributed by atoms with van der Waals surface area (Å²) in [4.78, 5) is 13.7. The molecule has 2 atom stereocenters. The topological polar surface area (TPSA) is 46.3 Å². The largest absolute Gasteiger partial charge is 0.341 e. The number of hydrogen-bond donors (Lipinski definition) is 1. The van der Waals surface area contributed by atoms with Crippen LogP contribution in [-0.2, 0) is 11.2 Å². The molecular formula is C15H24N2O. The molecule has 1 aromatic carbocycles. The summed E-state index contributed by atoms with van der Waals surface area (Å²) >= 11 is 0. The molecule has 18 heavy (non-hydrogen) atoms. The van der Waals surface area contributed by atoms with E-state index >= 15 is 0 Å². The van der Waals surface area contributed by atoms with Crippen LogP contribution in [0.1, 0.15) is 31.4 Å². The summed E-state index contributed by atoms with van der Waals surface area (Å²) in [6.07, 6.45) is 1.81. The van der Waals surface area contributed by atoms with Gasteiger partial charge in [0.05, 0.1) is 6.04 Å². The molecule has 0 aliphatic heterocycles. The van der Waals surface area contributed by atoms with E-state index in [0.717, 1.165) is 12.8 Å². The molecule has 1 aromatic rings. The molecule has 1 unspecified atom stereocenters. The number of carbonyl (C=O) groups is 1. The summed E-state index contributed by atoms with van der Waals surface area (Å²) in [6.45, 7) is 5.91. The van der Waals surface area contributed by atoms with Gasteiger partial charge in [0.25, 0.3) is 0 Å². The summed E-state index contributed by atoms with van der Waals surface area (Å²) in [7, 11) is 1.84. The highest BCUT2D eigenvalue weighted by Crippen LogP contribution is 2.12. The van der Waals surface area contributed by atoms with Crippen LogP contribution < -0.4 is 5.73 Å². The molecule has 0 aliphatic carbocycles. The second kappa shape index (κ2) is 6.55. The molecule has 0 saturated carbocycles. The fraction of sp³-hybridized carbons (Fsp3) is 0.533. The Morgan fingerprint density at radius 3 is 2.33 bits per heavy atom. The van der Waals surface area contributed by atoms with Crippen LogP contribution in [0.4, 0.5) is 0 Å². The van der Waals surface area contributed by atoms with Crippen molar-refractivity contribution in [3.63, 3.8) is 0 Å². The van der Waals surface area contributed by atoms with Crippen LogP contribution in [0.2, 0.25) is 0 Å². The van der Waals surface area contributed by atoms with Gasteiger partial charge < -0.3 is 10.6 Å². The zero-order valence-corrected chi connectivity index (χ0v) is 11.8. The molecule has 0 fully saturated rings. The van der Waals surface area contributed by atoms with Gasteiger partial charge in [0.15, 0.2) is 0 Å². The number of likely N-dealkylation sites (N-methyl/N-ethyl adjacent to an activating group) is 1. The molecule has 0 aliphatic rings. The number of hydrogen-bond acceptors (Lipinski definition) is 2. The lowest BCUT2D eigenvalue weighted by Gasteiger charge is -2.29. The summed E-state index contributed by atoms with van der Waals surface area (Å²) < 4.78 is 0. The Hall–Kier alpha value is -1.35. The van der Waals surface area contributed by atoms with Crippen LogP contribution in [0.25, 0.3) is 0 Å². The van der Waals surface area contributed by atoms with E-state index in [1.807, 2.05) is 7.05 Å². The van der Waals surface area contributed by atoms with Gasteiger partial charge in [-0.25, -0.2) is 0 Å². The Morgan fingerprint density at radius 1 is 1.33 bits per heavy atom. The standard InChI is InChI=1S/C15H24N2O/c1-5-14(17(4)15(18)12(3)16)10-13-8-6-11(2)7-9-13/h6-9,12,14H,5,10,16H2,1-4H3/t12-,14?/m0/s1. The molecular weight excluding hydrogens is 224 g/mol. The number of amides is 1. The Labute approximate surface area is 110 Å². The molecule has 2 N–H and O–H groups in total. The maximum absolute atomic E-state index is 11.9. The van der Waals surface area contributed by atoms with Gasteiger partial charge in [-0.15, -0.1) is 0 Å². The second-order valence-electron chi connectivity index (χ2n) is 4.99. The Morgan fingerprint density at radius 2 is 1.89 bits per heavy atom. The van der Waals surface area contributed by atoms with Gasteiger partial charge in [0.1, 0.15) is 0 Å².